The van der Waals surface area contributed by atoms with Crippen LogP contribution in [-0.2, 0) is 6.42 Å². The zero-order valence-electron chi connectivity index (χ0n) is 11.4. The summed E-state index contributed by atoms with van der Waals surface area (Å²) in [5, 5.41) is 3.48. The van der Waals surface area contributed by atoms with Crippen molar-refractivity contribution in [2.45, 2.75) is 25.3 Å². The Morgan fingerprint density at radius 1 is 1.33 bits per heavy atom. The molecule has 1 aromatic rings. The first kappa shape index (κ1) is 11.8. The van der Waals surface area contributed by atoms with Crippen LogP contribution in [0.15, 0.2) is 18.2 Å². The van der Waals surface area contributed by atoms with Crippen LogP contribution in [0, 0.1) is 0 Å². The molecule has 0 aromatic heterocycles. The van der Waals surface area contributed by atoms with Gasteiger partial charge in [-0.1, -0.05) is 0 Å². The van der Waals surface area contributed by atoms with Gasteiger partial charge in [-0.3, -0.25) is 0 Å². The fourth-order valence-electron chi connectivity index (χ4n) is 3.06. The summed E-state index contributed by atoms with van der Waals surface area (Å²) in [6.07, 6.45) is 3.76. The number of nitrogens with zero attached hydrogens (tertiary/aromatic N) is 2. The first-order valence-electron chi connectivity index (χ1n) is 7.02. The van der Waals surface area contributed by atoms with Crippen LogP contribution in [0.25, 0.3) is 0 Å². The van der Waals surface area contributed by atoms with E-state index in [1.165, 1.54) is 49.3 Å². The van der Waals surface area contributed by atoms with Crippen LogP contribution in [0.1, 0.15) is 18.4 Å². The third kappa shape index (κ3) is 2.19. The number of hydrogen-bond donors (Lipinski definition) is 1. The Hall–Kier alpha value is -1.22. The molecule has 18 heavy (non-hydrogen) atoms. The molecule has 0 radical (unpaired) electrons. The van der Waals surface area contributed by atoms with Crippen LogP contribution >= 0.6 is 0 Å². The van der Waals surface area contributed by atoms with E-state index in [-0.39, 0.29) is 0 Å². The number of likely N-dealkylation sites (N-methyl/N-ethyl adjacent to an activating group) is 1. The molecule has 1 N–H and O–H groups in total. The molecule has 2 aliphatic rings. The van der Waals surface area contributed by atoms with Gasteiger partial charge < -0.3 is 15.1 Å². The second-order valence-corrected chi connectivity index (χ2v) is 5.72. The van der Waals surface area contributed by atoms with Crippen LogP contribution in [0.3, 0.4) is 0 Å². The molecule has 1 aromatic carbocycles. The Labute approximate surface area is 110 Å². The van der Waals surface area contributed by atoms with E-state index in [4.69, 9.17) is 0 Å². The van der Waals surface area contributed by atoms with Crippen molar-refractivity contribution in [1.29, 1.82) is 0 Å². The van der Waals surface area contributed by atoms with Crippen LogP contribution in [0.5, 0.6) is 0 Å². The van der Waals surface area contributed by atoms with Crippen molar-refractivity contribution in [3.63, 3.8) is 0 Å². The van der Waals surface area contributed by atoms with E-state index in [1.54, 1.807) is 0 Å². The molecule has 2 aliphatic heterocycles. The van der Waals surface area contributed by atoms with Crippen molar-refractivity contribution in [1.82, 2.24) is 4.90 Å². The standard InChI is InChI=1S/C15H23N3/c1-17(2)14-7-9-18(11-14)13-5-6-15-12(10-13)4-3-8-16-15/h5-6,10,14,16H,3-4,7-9,11H2,1-2H3. The highest BCUT2D eigenvalue weighted by atomic mass is 15.2. The Morgan fingerprint density at radius 2 is 2.22 bits per heavy atom. The summed E-state index contributed by atoms with van der Waals surface area (Å²) in [7, 11) is 4.37. The lowest BCUT2D eigenvalue weighted by Gasteiger charge is -2.24. The summed E-state index contributed by atoms with van der Waals surface area (Å²) >= 11 is 0. The quantitative estimate of drug-likeness (QED) is 0.861. The summed E-state index contributed by atoms with van der Waals surface area (Å²) in [5.41, 5.74) is 4.24. The number of nitrogens with one attached hydrogen (secondary N) is 1. The van der Waals surface area contributed by atoms with Crippen molar-refractivity contribution in [2.24, 2.45) is 0 Å². The van der Waals surface area contributed by atoms with Gasteiger partial charge in [0.2, 0.25) is 0 Å². The summed E-state index contributed by atoms with van der Waals surface area (Å²) in [5.74, 6) is 0. The number of benzene rings is 1. The van der Waals surface area contributed by atoms with Crippen molar-refractivity contribution in [2.75, 3.05) is 43.9 Å². The molecule has 0 aliphatic carbocycles. The van der Waals surface area contributed by atoms with Gasteiger partial charge in [0.15, 0.2) is 0 Å². The molecule has 0 bridgehead atoms. The van der Waals surface area contributed by atoms with Crippen molar-refractivity contribution in [3.05, 3.63) is 23.8 Å². The number of fused-ring (bicyclic) bond motifs is 1. The molecule has 1 unspecified atom stereocenters. The predicted molar refractivity (Wildman–Crippen MR) is 77.6 cm³/mol. The number of aryl methyl sites for hydroxylation is 1. The molecule has 1 atom stereocenters. The van der Waals surface area contributed by atoms with Gasteiger partial charge in [-0.05, 0) is 57.1 Å². The smallest absolute Gasteiger partial charge is 0.0374 e. The molecule has 98 valence electrons. The summed E-state index contributed by atoms with van der Waals surface area (Å²) in [6, 6.07) is 7.63. The van der Waals surface area contributed by atoms with Gasteiger partial charge in [0.05, 0.1) is 0 Å². The molecular weight excluding hydrogens is 222 g/mol. The molecule has 3 rings (SSSR count). The maximum atomic E-state index is 3.48. The molecule has 3 nitrogen and oxygen atoms in total. The SMILES string of the molecule is CN(C)C1CCN(c2ccc3c(c2)CCCN3)C1. The lowest BCUT2D eigenvalue weighted by molar-refractivity contribution is 0.315. The van der Waals surface area contributed by atoms with Crippen LogP contribution in [-0.4, -0.2) is 44.7 Å². The van der Waals surface area contributed by atoms with Gasteiger partial charge in [-0.25, -0.2) is 0 Å². The van der Waals surface area contributed by atoms with Gasteiger partial charge in [0.25, 0.3) is 0 Å². The number of anilines is 2. The fraction of sp³-hybridized carbons (Fsp3) is 0.600. The van der Waals surface area contributed by atoms with Crippen LogP contribution in [0.4, 0.5) is 11.4 Å². The lowest BCUT2D eigenvalue weighted by Crippen LogP contribution is -2.31. The highest BCUT2D eigenvalue weighted by Gasteiger charge is 2.24. The van der Waals surface area contributed by atoms with Gasteiger partial charge in [0, 0.05) is 37.1 Å². The van der Waals surface area contributed by atoms with E-state index in [0.29, 0.717) is 6.04 Å². The minimum Gasteiger partial charge on any atom is -0.385 e. The molecule has 2 heterocycles. The van der Waals surface area contributed by atoms with Gasteiger partial charge in [0.1, 0.15) is 0 Å². The topological polar surface area (TPSA) is 18.5 Å². The zero-order chi connectivity index (χ0) is 12.5. The minimum atomic E-state index is 0.708. The number of hydrogen-bond acceptors (Lipinski definition) is 3. The molecule has 1 fully saturated rings. The van der Waals surface area contributed by atoms with Crippen molar-refractivity contribution >= 4 is 11.4 Å². The summed E-state index contributed by atoms with van der Waals surface area (Å²) in [6.45, 7) is 3.48. The predicted octanol–water partition coefficient (Wildman–Crippen LogP) is 2.18. The Balaban J connectivity index is 1.77. The molecule has 3 heteroatoms. The van der Waals surface area contributed by atoms with E-state index in [9.17, 15) is 0 Å². The van der Waals surface area contributed by atoms with Gasteiger partial charge in [-0.2, -0.15) is 0 Å². The van der Waals surface area contributed by atoms with Crippen molar-refractivity contribution in [3.8, 4) is 0 Å². The van der Waals surface area contributed by atoms with E-state index < -0.39 is 0 Å². The Morgan fingerprint density at radius 3 is 3.00 bits per heavy atom. The normalized spacial score (nSPS) is 23.1. The second kappa shape index (κ2) is 4.81. The molecule has 0 amide bonds. The van der Waals surface area contributed by atoms with Crippen LogP contribution < -0.4 is 10.2 Å². The third-order valence-electron chi connectivity index (χ3n) is 4.29. The first-order chi connectivity index (χ1) is 8.74. The molecule has 1 saturated heterocycles. The van der Waals surface area contributed by atoms with Gasteiger partial charge >= 0.3 is 0 Å². The van der Waals surface area contributed by atoms with E-state index >= 15 is 0 Å². The lowest BCUT2D eigenvalue weighted by atomic mass is 10.0. The maximum absolute atomic E-state index is 3.48. The summed E-state index contributed by atoms with van der Waals surface area (Å²) in [4.78, 5) is 4.87. The van der Waals surface area contributed by atoms with E-state index in [0.717, 1.165) is 6.54 Å². The highest BCUT2D eigenvalue weighted by Crippen LogP contribution is 2.29. The van der Waals surface area contributed by atoms with E-state index in [2.05, 4.69) is 47.4 Å². The average molecular weight is 245 g/mol. The van der Waals surface area contributed by atoms with Crippen molar-refractivity contribution < 1.29 is 0 Å². The third-order valence-corrected chi connectivity index (χ3v) is 4.29. The molecule has 0 saturated carbocycles. The highest BCUT2D eigenvalue weighted by molar-refractivity contribution is 5.62. The number of rotatable bonds is 2. The van der Waals surface area contributed by atoms with Gasteiger partial charge in [-0.15, -0.1) is 0 Å². The largest absolute Gasteiger partial charge is 0.385 e. The Bertz CT molecular complexity index is 428. The summed E-state index contributed by atoms with van der Waals surface area (Å²) < 4.78 is 0. The minimum absolute atomic E-state index is 0.708. The molecule has 0 spiro atoms. The Kier molecular flexibility index (Phi) is 3.16. The monoisotopic (exact) mass is 245 g/mol. The zero-order valence-corrected chi connectivity index (χ0v) is 11.4. The average Bonchev–Trinajstić information content (AvgIpc) is 2.88. The fourth-order valence-corrected chi connectivity index (χ4v) is 3.06. The molecular formula is C15H23N3. The first-order valence-corrected chi connectivity index (χ1v) is 7.02. The maximum Gasteiger partial charge on any atom is 0.0374 e. The van der Waals surface area contributed by atoms with E-state index in [1.807, 2.05) is 0 Å². The van der Waals surface area contributed by atoms with Crippen LogP contribution in [0.2, 0.25) is 0 Å². The second-order valence-electron chi connectivity index (χ2n) is 5.72.